The van der Waals surface area contributed by atoms with Crippen LogP contribution in [-0.4, -0.2) is 73.6 Å². The Labute approximate surface area is 250 Å². The Morgan fingerprint density at radius 3 is 2.67 bits per heavy atom. The number of carbonyl (C=O) groups excluding carboxylic acids is 2. The van der Waals surface area contributed by atoms with Crippen LogP contribution < -0.4 is 21.5 Å². The van der Waals surface area contributed by atoms with E-state index in [2.05, 4.69) is 32.1 Å². The number of anilines is 2. The lowest BCUT2D eigenvalue weighted by Gasteiger charge is -2.22. The average Bonchev–Trinajstić information content (AvgIpc) is 3.63. The minimum Gasteiger partial charge on any atom is -0.506 e. The lowest BCUT2D eigenvalue weighted by Crippen LogP contribution is -2.32. The highest BCUT2D eigenvalue weighted by atomic mass is 35.5. The molecule has 0 saturated carbocycles. The number of nitrogens with one attached hydrogen (secondary N) is 1. The van der Waals surface area contributed by atoms with Gasteiger partial charge in [0.2, 0.25) is 5.91 Å². The van der Waals surface area contributed by atoms with E-state index in [1.807, 2.05) is 0 Å². The first kappa shape index (κ1) is 28.0. The van der Waals surface area contributed by atoms with Crippen molar-refractivity contribution in [1.82, 2.24) is 24.0 Å². The van der Waals surface area contributed by atoms with E-state index in [1.165, 1.54) is 33.8 Å². The molecule has 2 amide bonds. The predicted molar refractivity (Wildman–Crippen MR) is 160 cm³/mol. The molecule has 2 atom stereocenters. The number of fused-ring (bicyclic) bond motifs is 2. The maximum Gasteiger partial charge on any atom is 0.263 e. The van der Waals surface area contributed by atoms with Crippen molar-refractivity contribution in [3.8, 4) is 16.9 Å². The fraction of sp³-hybridized carbons (Fsp3) is 0.321. The fourth-order valence-electron chi connectivity index (χ4n) is 5.95. The Balaban J connectivity index is 1.31. The Hall–Kier alpha value is -4.13. The molecule has 2 unspecified atom stereocenters. The average molecular weight is 611 g/mol. The molecule has 6 rings (SSSR count). The van der Waals surface area contributed by atoms with E-state index < -0.39 is 17.6 Å². The van der Waals surface area contributed by atoms with Crippen LogP contribution in [0.5, 0.6) is 5.75 Å². The third kappa shape index (κ3) is 4.85. The van der Waals surface area contributed by atoms with E-state index in [9.17, 15) is 19.5 Å². The van der Waals surface area contributed by atoms with Gasteiger partial charge in [0.1, 0.15) is 23.8 Å². The Kier molecular flexibility index (Phi) is 7.08. The number of amides is 2. The van der Waals surface area contributed by atoms with Gasteiger partial charge in [-0.25, -0.2) is 9.97 Å². The number of nitrogens with two attached hydrogens (primary N) is 1. The van der Waals surface area contributed by atoms with Gasteiger partial charge < -0.3 is 35.1 Å². The van der Waals surface area contributed by atoms with Crippen LogP contribution in [0.15, 0.2) is 41.7 Å². The zero-order chi connectivity index (χ0) is 29.9. The molecule has 2 fully saturated rings. The number of primary amides is 1. The van der Waals surface area contributed by atoms with E-state index in [0.29, 0.717) is 33.8 Å². The smallest absolute Gasteiger partial charge is 0.263 e. The van der Waals surface area contributed by atoms with Gasteiger partial charge in [0.05, 0.1) is 39.2 Å². The number of aryl methyl sites for hydroxylation is 1. The molecule has 2 aliphatic heterocycles. The maximum atomic E-state index is 13.3. The summed E-state index contributed by atoms with van der Waals surface area (Å²) in [6.45, 7) is 2.66. The number of pyridine rings is 1. The number of hydrogen-bond acceptors (Lipinski definition) is 8. The first-order valence-corrected chi connectivity index (χ1v) is 14.0. The number of rotatable bonds is 6. The van der Waals surface area contributed by atoms with Gasteiger partial charge in [-0.2, -0.15) is 0 Å². The zero-order valence-corrected chi connectivity index (χ0v) is 24.4. The van der Waals surface area contributed by atoms with Crippen molar-refractivity contribution in [2.45, 2.75) is 19.0 Å². The normalized spacial score (nSPS) is 18.5. The van der Waals surface area contributed by atoms with Crippen LogP contribution in [0.3, 0.4) is 0 Å². The number of aromatic hydroxyl groups is 1. The molecule has 0 bridgehead atoms. The predicted octanol–water partition coefficient (Wildman–Crippen LogP) is 2.69. The fourth-order valence-corrected chi connectivity index (χ4v) is 6.32. The summed E-state index contributed by atoms with van der Waals surface area (Å²) in [5, 5.41) is 13.4. The van der Waals surface area contributed by atoms with E-state index in [4.69, 9.17) is 28.9 Å². The molecule has 2 aliphatic rings. The molecule has 14 heteroatoms. The van der Waals surface area contributed by atoms with Crippen molar-refractivity contribution in [2.24, 2.45) is 18.7 Å². The van der Waals surface area contributed by atoms with Gasteiger partial charge in [-0.1, -0.05) is 23.2 Å². The third-order valence-electron chi connectivity index (χ3n) is 8.16. The van der Waals surface area contributed by atoms with Crippen LogP contribution in [0.2, 0.25) is 10.0 Å². The summed E-state index contributed by atoms with van der Waals surface area (Å²) in [4.78, 5) is 51.9. The largest absolute Gasteiger partial charge is 0.506 e. The van der Waals surface area contributed by atoms with Crippen molar-refractivity contribution in [3.05, 3.63) is 62.9 Å². The number of halogens is 2. The number of carbonyl (C=O) groups is 2. The summed E-state index contributed by atoms with van der Waals surface area (Å²) in [5.41, 5.74) is 6.24. The maximum absolute atomic E-state index is 13.3. The van der Waals surface area contributed by atoms with Gasteiger partial charge in [-0.3, -0.25) is 14.4 Å². The topological polar surface area (TPSA) is 152 Å². The summed E-state index contributed by atoms with van der Waals surface area (Å²) >= 11 is 12.6. The summed E-state index contributed by atoms with van der Waals surface area (Å²) in [6, 6.07) is 5.02. The molecule has 0 spiro atoms. The summed E-state index contributed by atoms with van der Waals surface area (Å²) in [5.74, 6) is -0.419. The van der Waals surface area contributed by atoms with Crippen molar-refractivity contribution in [1.29, 1.82) is 0 Å². The molecule has 218 valence electrons. The van der Waals surface area contributed by atoms with Gasteiger partial charge in [0, 0.05) is 44.0 Å². The van der Waals surface area contributed by atoms with Crippen molar-refractivity contribution in [3.63, 3.8) is 0 Å². The standard InChI is InChI=1S/C28H28Cl2N8O4/c1-35-4-3-14-9-37(11-21(14)35)22-7-20(19(30)8-32-22)34-23(39)12-38-10-17(24-27(38)33-13-36(2)28(24)42)15-5-16(26(31)41)25(40)18(29)6-15/h5-8,10,13-14,21,40H,3-4,9,11-12H2,1-2H3,(H2,31,41)(H,32,34,39). The number of likely N-dealkylation sites (tertiary alicyclic amines) is 1. The van der Waals surface area contributed by atoms with E-state index in [-0.39, 0.29) is 33.7 Å². The molecule has 42 heavy (non-hydrogen) atoms. The Bertz CT molecular complexity index is 1820. The van der Waals surface area contributed by atoms with Crippen LogP contribution in [0.25, 0.3) is 22.2 Å². The van der Waals surface area contributed by atoms with Crippen LogP contribution in [0.4, 0.5) is 11.5 Å². The van der Waals surface area contributed by atoms with Gasteiger partial charge in [0.15, 0.2) is 0 Å². The zero-order valence-electron chi connectivity index (χ0n) is 22.8. The Morgan fingerprint density at radius 1 is 1.14 bits per heavy atom. The molecule has 0 aliphatic carbocycles. The molecule has 12 nitrogen and oxygen atoms in total. The minimum atomic E-state index is -0.886. The number of likely N-dealkylation sites (N-methyl/N-ethyl adjacent to an activating group) is 1. The van der Waals surface area contributed by atoms with Gasteiger partial charge in [-0.05, 0) is 43.6 Å². The summed E-state index contributed by atoms with van der Waals surface area (Å²) in [7, 11) is 3.69. The minimum absolute atomic E-state index is 0.114. The summed E-state index contributed by atoms with van der Waals surface area (Å²) in [6.07, 6.45) is 5.62. The molecule has 0 radical (unpaired) electrons. The van der Waals surface area contributed by atoms with E-state index >= 15 is 0 Å². The van der Waals surface area contributed by atoms with Crippen LogP contribution in [0.1, 0.15) is 16.8 Å². The highest BCUT2D eigenvalue weighted by molar-refractivity contribution is 6.34. The number of benzene rings is 1. The van der Waals surface area contributed by atoms with Crippen molar-refractivity contribution < 1.29 is 14.7 Å². The quantitative estimate of drug-likeness (QED) is 0.301. The lowest BCUT2D eigenvalue weighted by atomic mass is 10.0. The molecule has 4 aromatic rings. The Morgan fingerprint density at radius 2 is 1.93 bits per heavy atom. The number of aromatic nitrogens is 4. The van der Waals surface area contributed by atoms with Crippen molar-refractivity contribution >= 4 is 57.6 Å². The summed E-state index contributed by atoms with van der Waals surface area (Å²) < 4.78 is 2.83. The number of hydrogen-bond donors (Lipinski definition) is 3. The third-order valence-corrected chi connectivity index (χ3v) is 8.74. The van der Waals surface area contributed by atoms with Gasteiger partial charge in [-0.15, -0.1) is 0 Å². The highest BCUT2D eigenvalue weighted by Gasteiger charge is 2.40. The second kappa shape index (κ2) is 10.6. The first-order valence-electron chi connectivity index (χ1n) is 13.3. The SMILES string of the molecule is CN1CCC2CN(c3cc(NC(=O)Cn4cc(-c5cc(Cl)c(O)c(C(N)=O)c5)c5c(=O)n(C)cnc54)c(Cl)cn3)CC21. The van der Waals surface area contributed by atoms with Crippen LogP contribution in [-0.2, 0) is 18.4 Å². The molecular weight excluding hydrogens is 583 g/mol. The molecule has 2 saturated heterocycles. The van der Waals surface area contributed by atoms with Crippen LogP contribution >= 0.6 is 23.2 Å². The van der Waals surface area contributed by atoms with Crippen LogP contribution in [0, 0.1) is 5.92 Å². The lowest BCUT2D eigenvalue weighted by molar-refractivity contribution is -0.116. The van der Waals surface area contributed by atoms with E-state index in [1.54, 1.807) is 19.3 Å². The van der Waals surface area contributed by atoms with E-state index in [0.717, 1.165) is 31.9 Å². The second-order valence-corrected chi connectivity index (χ2v) is 11.6. The first-order chi connectivity index (χ1) is 20.0. The molecule has 4 N–H and O–H groups in total. The number of nitrogens with zero attached hydrogens (tertiary/aromatic N) is 6. The monoisotopic (exact) mass is 610 g/mol. The molecule has 1 aromatic carbocycles. The van der Waals surface area contributed by atoms with Gasteiger partial charge in [0.25, 0.3) is 11.5 Å². The highest BCUT2D eigenvalue weighted by Crippen LogP contribution is 2.37. The number of phenols is 1. The van der Waals surface area contributed by atoms with Crippen molar-refractivity contribution in [2.75, 3.05) is 36.9 Å². The molecule has 3 aromatic heterocycles. The molecule has 5 heterocycles. The second-order valence-electron chi connectivity index (χ2n) is 10.8. The van der Waals surface area contributed by atoms with Gasteiger partial charge >= 0.3 is 0 Å². The molecular formula is C28H28Cl2N8O4.